The van der Waals surface area contributed by atoms with Crippen molar-refractivity contribution in [3.05, 3.63) is 34.1 Å². The molecule has 1 heterocycles. The van der Waals surface area contributed by atoms with Crippen LogP contribution in [0.3, 0.4) is 0 Å². The molecule has 0 unspecified atom stereocenters. The van der Waals surface area contributed by atoms with Crippen molar-refractivity contribution in [2.75, 3.05) is 7.11 Å². The third kappa shape index (κ3) is 2.71. The molecule has 0 saturated heterocycles. The largest absolute Gasteiger partial charge is 0.465 e. The van der Waals surface area contributed by atoms with Gasteiger partial charge >= 0.3 is 5.97 Å². The summed E-state index contributed by atoms with van der Waals surface area (Å²) in [7, 11) is 1.21. The Morgan fingerprint density at radius 1 is 1.53 bits per heavy atom. The zero-order valence-corrected chi connectivity index (χ0v) is 11.5. The van der Waals surface area contributed by atoms with Crippen LogP contribution in [-0.4, -0.2) is 24.4 Å². The van der Waals surface area contributed by atoms with Crippen molar-refractivity contribution in [3.63, 3.8) is 0 Å². The van der Waals surface area contributed by atoms with E-state index >= 15 is 0 Å². The van der Waals surface area contributed by atoms with E-state index in [1.807, 2.05) is 13.8 Å². The third-order valence-corrected chi connectivity index (χ3v) is 3.16. The van der Waals surface area contributed by atoms with Crippen molar-refractivity contribution in [3.8, 4) is 0 Å². The van der Waals surface area contributed by atoms with Gasteiger partial charge in [-0.2, -0.15) is 0 Å². The number of benzene rings is 1. The van der Waals surface area contributed by atoms with E-state index in [0.29, 0.717) is 17.7 Å². The Morgan fingerprint density at radius 3 is 2.74 bits per heavy atom. The number of halogens is 2. The summed E-state index contributed by atoms with van der Waals surface area (Å²) >= 11 is 6.12. The Bertz CT molecular complexity index is 569. The summed E-state index contributed by atoms with van der Waals surface area (Å²) in [6.07, 6.45) is 0.483. The van der Waals surface area contributed by atoms with Gasteiger partial charge in [-0.15, -0.1) is 0 Å². The average molecular weight is 286 g/mol. The fraction of sp³-hybridized carbons (Fsp3) is 0.385. The zero-order valence-electron chi connectivity index (χ0n) is 10.8. The molecule has 0 aromatic heterocycles. The third-order valence-electron chi connectivity index (χ3n) is 2.75. The number of carbonyl (C=O) groups is 1. The Hall–Kier alpha value is -1.62. The molecule has 0 saturated carbocycles. The molecule has 1 aromatic carbocycles. The van der Waals surface area contributed by atoms with Crippen molar-refractivity contribution in [2.24, 2.45) is 5.16 Å². The highest BCUT2D eigenvalue weighted by molar-refractivity contribution is 6.37. The fourth-order valence-corrected chi connectivity index (χ4v) is 2.14. The molecule has 0 fully saturated rings. The first-order valence-electron chi connectivity index (χ1n) is 5.67. The maximum Gasteiger partial charge on any atom is 0.339 e. The first kappa shape index (κ1) is 13.8. The number of rotatable bonds is 2. The molecule has 6 heteroatoms. The number of nitrogens with zero attached hydrogens (tertiary/aromatic N) is 1. The number of carbonyl (C=O) groups excluding carboxylic acids is 1. The van der Waals surface area contributed by atoms with E-state index in [2.05, 4.69) is 9.89 Å². The molecule has 1 aliphatic rings. The Labute approximate surface area is 115 Å². The van der Waals surface area contributed by atoms with E-state index in [9.17, 15) is 9.18 Å². The van der Waals surface area contributed by atoms with Crippen LogP contribution in [0, 0.1) is 5.82 Å². The number of oxime groups is 1. The van der Waals surface area contributed by atoms with Gasteiger partial charge in [0.15, 0.2) is 0 Å². The van der Waals surface area contributed by atoms with Gasteiger partial charge in [-0.3, -0.25) is 0 Å². The number of hydrogen-bond donors (Lipinski definition) is 0. The van der Waals surface area contributed by atoms with Gasteiger partial charge in [0.05, 0.1) is 23.4 Å². The fourth-order valence-electron chi connectivity index (χ4n) is 1.85. The first-order chi connectivity index (χ1) is 8.84. The van der Waals surface area contributed by atoms with Crippen molar-refractivity contribution in [1.29, 1.82) is 0 Å². The number of esters is 1. The van der Waals surface area contributed by atoms with Crippen molar-refractivity contribution >= 4 is 23.3 Å². The molecule has 0 aliphatic carbocycles. The lowest BCUT2D eigenvalue weighted by molar-refractivity contribution is 0.0123. The summed E-state index contributed by atoms with van der Waals surface area (Å²) in [5, 5.41) is 4.02. The van der Waals surface area contributed by atoms with E-state index in [0.717, 1.165) is 6.07 Å². The molecule has 0 bridgehead atoms. The molecular formula is C13H13ClFNO3. The normalized spacial score (nSPS) is 16.8. The quantitative estimate of drug-likeness (QED) is 0.784. The molecule has 4 nitrogen and oxygen atoms in total. The molecule has 0 spiro atoms. The molecule has 0 amide bonds. The molecule has 0 radical (unpaired) electrons. The molecule has 0 N–H and O–H groups in total. The highest BCUT2D eigenvalue weighted by Crippen LogP contribution is 2.31. The van der Waals surface area contributed by atoms with Crippen LogP contribution in [0.1, 0.15) is 36.2 Å². The van der Waals surface area contributed by atoms with E-state index in [1.54, 1.807) is 0 Å². The smallest absolute Gasteiger partial charge is 0.339 e. The van der Waals surface area contributed by atoms with E-state index < -0.39 is 17.4 Å². The highest BCUT2D eigenvalue weighted by Gasteiger charge is 2.31. The first-order valence-corrected chi connectivity index (χ1v) is 6.04. The molecule has 1 aromatic rings. The minimum atomic E-state index is -0.690. The lowest BCUT2D eigenvalue weighted by Gasteiger charge is -2.14. The van der Waals surface area contributed by atoms with E-state index in [-0.39, 0.29) is 10.6 Å². The minimum Gasteiger partial charge on any atom is -0.465 e. The van der Waals surface area contributed by atoms with Crippen LogP contribution in [-0.2, 0) is 9.57 Å². The Balaban J connectivity index is 2.48. The Kier molecular flexibility index (Phi) is 3.49. The lowest BCUT2D eigenvalue weighted by Crippen LogP contribution is -2.19. The van der Waals surface area contributed by atoms with Crippen LogP contribution in [0.4, 0.5) is 4.39 Å². The van der Waals surface area contributed by atoms with Crippen LogP contribution in [0.25, 0.3) is 0 Å². The molecular weight excluding hydrogens is 273 g/mol. The summed E-state index contributed by atoms with van der Waals surface area (Å²) < 4.78 is 18.2. The van der Waals surface area contributed by atoms with Gasteiger partial charge in [-0.05, 0) is 26.0 Å². The van der Waals surface area contributed by atoms with Gasteiger partial charge in [0.2, 0.25) is 0 Å². The van der Waals surface area contributed by atoms with Crippen LogP contribution < -0.4 is 0 Å². The van der Waals surface area contributed by atoms with Gasteiger partial charge in [0, 0.05) is 12.0 Å². The van der Waals surface area contributed by atoms with E-state index in [1.165, 1.54) is 13.2 Å². The van der Waals surface area contributed by atoms with Crippen LogP contribution in [0.15, 0.2) is 17.3 Å². The van der Waals surface area contributed by atoms with Crippen LogP contribution >= 0.6 is 11.6 Å². The van der Waals surface area contributed by atoms with Crippen LogP contribution in [0.5, 0.6) is 0 Å². The zero-order chi connectivity index (χ0) is 14.2. The van der Waals surface area contributed by atoms with Crippen molar-refractivity contribution < 1.29 is 18.8 Å². The summed E-state index contributed by atoms with van der Waals surface area (Å²) in [6.45, 7) is 3.72. The van der Waals surface area contributed by atoms with Crippen LogP contribution in [0.2, 0.25) is 5.02 Å². The molecule has 2 rings (SSSR count). The maximum atomic E-state index is 13.6. The standard InChI is InChI=1S/C13H13ClFNO3/c1-13(2)6-10(16-19-13)8-4-7(15)5-9(11(8)14)12(17)18-3/h4-5H,6H2,1-3H3. The van der Waals surface area contributed by atoms with Gasteiger partial charge in [-0.25, -0.2) is 9.18 Å². The second kappa shape index (κ2) is 4.81. The molecule has 0 atom stereocenters. The predicted octanol–water partition coefficient (Wildman–Crippen LogP) is 3.17. The lowest BCUT2D eigenvalue weighted by atomic mass is 9.96. The highest BCUT2D eigenvalue weighted by atomic mass is 35.5. The van der Waals surface area contributed by atoms with E-state index in [4.69, 9.17) is 16.4 Å². The topological polar surface area (TPSA) is 47.9 Å². The summed E-state index contributed by atoms with van der Waals surface area (Å²) in [4.78, 5) is 16.8. The predicted molar refractivity (Wildman–Crippen MR) is 69.1 cm³/mol. The second-order valence-corrected chi connectivity index (χ2v) is 5.25. The second-order valence-electron chi connectivity index (χ2n) is 4.87. The SMILES string of the molecule is COC(=O)c1cc(F)cc(C2=NOC(C)(C)C2)c1Cl. The number of hydrogen-bond acceptors (Lipinski definition) is 4. The van der Waals surface area contributed by atoms with Gasteiger partial charge < -0.3 is 9.57 Å². The minimum absolute atomic E-state index is 0.0217. The summed E-state index contributed by atoms with van der Waals surface area (Å²) in [6, 6.07) is 2.28. The molecule has 19 heavy (non-hydrogen) atoms. The average Bonchev–Trinajstić information content (AvgIpc) is 2.71. The maximum absolute atomic E-state index is 13.6. The Morgan fingerprint density at radius 2 is 2.21 bits per heavy atom. The number of methoxy groups -OCH3 is 1. The monoisotopic (exact) mass is 285 g/mol. The molecule has 1 aliphatic heterocycles. The summed E-state index contributed by atoms with van der Waals surface area (Å²) in [5.74, 6) is -1.27. The van der Waals surface area contributed by atoms with Gasteiger partial charge in [0.25, 0.3) is 0 Å². The van der Waals surface area contributed by atoms with Crippen molar-refractivity contribution in [1.82, 2.24) is 0 Å². The number of ether oxygens (including phenoxy) is 1. The van der Waals surface area contributed by atoms with Gasteiger partial charge in [0.1, 0.15) is 11.4 Å². The molecule has 102 valence electrons. The van der Waals surface area contributed by atoms with Crippen molar-refractivity contribution in [2.45, 2.75) is 25.9 Å². The summed E-state index contributed by atoms with van der Waals surface area (Å²) in [5.41, 5.74) is 0.384. The van der Waals surface area contributed by atoms with Gasteiger partial charge in [-0.1, -0.05) is 16.8 Å².